The lowest BCUT2D eigenvalue weighted by Gasteiger charge is -2.29. The van der Waals surface area contributed by atoms with Gasteiger partial charge < -0.3 is 0 Å². The van der Waals surface area contributed by atoms with Gasteiger partial charge in [0.2, 0.25) is 0 Å². The third kappa shape index (κ3) is 3.97. The Hall–Kier alpha value is -2.17. The summed E-state index contributed by atoms with van der Waals surface area (Å²) in [6, 6.07) is 16.3. The van der Waals surface area contributed by atoms with E-state index in [-0.39, 0.29) is 0 Å². The summed E-state index contributed by atoms with van der Waals surface area (Å²) in [6.45, 7) is 3.05. The van der Waals surface area contributed by atoms with E-state index in [2.05, 4.69) is 35.2 Å². The Bertz CT molecular complexity index is 670. The van der Waals surface area contributed by atoms with Gasteiger partial charge in [-0.05, 0) is 54.6 Å². The minimum Gasteiger partial charge on any atom is -0.299 e. The van der Waals surface area contributed by atoms with Gasteiger partial charge in [-0.1, -0.05) is 36.4 Å². The van der Waals surface area contributed by atoms with E-state index in [1.54, 1.807) is 11.5 Å². The number of rotatable bonds is 5. The number of hydrogen-bond acceptors (Lipinski definition) is 3. The fraction of sp³-hybridized carbons (Fsp3) is 0.316. The molecular formula is C19H22N2O2. The molecule has 0 aliphatic carbocycles. The summed E-state index contributed by atoms with van der Waals surface area (Å²) in [7, 11) is 0. The van der Waals surface area contributed by atoms with Gasteiger partial charge >= 0.3 is 0 Å². The van der Waals surface area contributed by atoms with E-state index < -0.39 is 5.91 Å². The van der Waals surface area contributed by atoms with E-state index in [1.807, 2.05) is 12.1 Å². The molecule has 0 saturated heterocycles. The zero-order valence-electron chi connectivity index (χ0n) is 13.2. The van der Waals surface area contributed by atoms with Crippen molar-refractivity contribution in [2.24, 2.45) is 0 Å². The molecule has 2 aromatic rings. The fourth-order valence-electron chi connectivity index (χ4n) is 3.16. The first-order chi connectivity index (χ1) is 11.3. The Morgan fingerprint density at radius 1 is 1.13 bits per heavy atom. The maximum atomic E-state index is 11.5. The maximum Gasteiger partial charge on any atom is 0.274 e. The molecule has 1 aliphatic heterocycles. The SMILES string of the molecule is O=C(NO)c1ccc2c(c1)CCN(CCCc1ccccc1)C2. The molecule has 120 valence electrons. The van der Waals surface area contributed by atoms with Crippen LogP contribution in [-0.2, 0) is 19.4 Å². The van der Waals surface area contributed by atoms with E-state index in [1.165, 1.54) is 16.7 Å². The normalized spacial score (nSPS) is 14.3. The average molecular weight is 310 g/mol. The van der Waals surface area contributed by atoms with E-state index in [4.69, 9.17) is 5.21 Å². The zero-order chi connectivity index (χ0) is 16.1. The van der Waals surface area contributed by atoms with Gasteiger partial charge in [-0.2, -0.15) is 0 Å². The summed E-state index contributed by atoms with van der Waals surface area (Å²) in [5.41, 5.74) is 6.10. The van der Waals surface area contributed by atoms with Crippen molar-refractivity contribution in [3.05, 3.63) is 70.8 Å². The van der Waals surface area contributed by atoms with Gasteiger partial charge in [0.05, 0.1) is 0 Å². The molecule has 1 aliphatic rings. The number of hydrogen-bond donors (Lipinski definition) is 2. The molecule has 0 bridgehead atoms. The van der Waals surface area contributed by atoms with Crippen molar-refractivity contribution in [1.82, 2.24) is 10.4 Å². The van der Waals surface area contributed by atoms with Crippen LogP contribution in [0, 0.1) is 0 Å². The molecule has 0 atom stereocenters. The van der Waals surface area contributed by atoms with Crippen molar-refractivity contribution >= 4 is 5.91 Å². The average Bonchev–Trinajstić information content (AvgIpc) is 2.61. The largest absolute Gasteiger partial charge is 0.299 e. The second-order valence-electron chi connectivity index (χ2n) is 6.04. The number of hydroxylamine groups is 1. The highest BCUT2D eigenvalue weighted by Gasteiger charge is 2.17. The number of aryl methyl sites for hydroxylation is 1. The van der Waals surface area contributed by atoms with Gasteiger partial charge in [0.15, 0.2) is 0 Å². The molecule has 0 fully saturated rings. The second-order valence-corrected chi connectivity index (χ2v) is 6.04. The van der Waals surface area contributed by atoms with Crippen molar-refractivity contribution in [1.29, 1.82) is 0 Å². The van der Waals surface area contributed by atoms with Gasteiger partial charge in [-0.3, -0.25) is 14.9 Å². The Morgan fingerprint density at radius 2 is 1.96 bits per heavy atom. The van der Waals surface area contributed by atoms with Crippen molar-refractivity contribution in [2.75, 3.05) is 13.1 Å². The molecule has 2 aromatic carbocycles. The Labute approximate surface area is 136 Å². The quantitative estimate of drug-likeness (QED) is 0.659. The van der Waals surface area contributed by atoms with E-state index in [0.29, 0.717) is 5.56 Å². The van der Waals surface area contributed by atoms with Crippen molar-refractivity contribution in [2.45, 2.75) is 25.8 Å². The molecule has 1 heterocycles. The lowest BCUT2D eigenvalue weighted by Crippen LogP contribution is -2.32. The molecule has 0 aromatic heterocycles. The van der Waals surface area contributed by atoms with Crippen molar-refractivity contribution < 1.29 is 10.0 Å². The van der Waals surface area contributed by atoms with E-state index in [9.17, 15) is 4.79 Å². The zero-order valence-corrected chi connectivity index (χ0v) is 13.2. The molecule has 4 heteroatoms. The van der Waals surface area contributed by atoms with Crippen LogP contribution in [0.5, 0.6) is 0 Å². The lowest BCUT2D eigenvalue weighted by molar-refractivity contribution is 0.0706. The molecule has 0 radical (unpaired) electrons. The smallest absolute Gasteiger partial charge is 0.274 e. The van der Waals surface area contributed by atoms with E-state index >= 15 is 0 Å². The number of amides is 1. The molecule has 23 heavy (non-hydrogen) atoms. The minimum absolute atomic E-state index is 0.446. The van der Waals surface area contributed by atoms with Crippen LogP contribution >= 0.6 is 0 Å². The number of nitrogens with zero attached hydrogens (tertiary/aromatic N) is 1. The highest BCUT2D eigenvalue weighted by Crippen LogP contribution is 2.21. The Balaban J connectivity index is 1.55. The monoisotopic (exact) mass is 310 g/mol. The second kappa shape index (κ2) is 7.40. The first-order valence-electron chi connectivity index (χ1n) is 8.09. The van der Waals surface area contributed by atoms with Crippen LogP contribution in [0.4, 0.5) is 0 Å². The first kappa shape index (κ1) is 15.7. The van der Waals surface area contributed by atoms with E-state index in [0.717, 1.165) is 38.9 Å². The predicted octanol–water partition coefficient (Wildman–Crippen LogP) is 2.80. The van der Waals surface area contributed by atoms with Crippen LogP contribution in [0.2, 0.25) is 0 Å². The van der Waals surface area contributed by atoms with Gasteiger partial charge in [0.1, 0.15) is 0 Å². The van der Waals surface area contributed by atoms with Gasteiger partial charge in [0, 0.05) is 18.7 Å². The molecular weight excluding hydrogens is 288 g/mol. The predicted molar refractivity (Wildman–Crippen MR) is 89.4 cm³/mol. The molecule has 0 saturated carbocycles. The van der Waals surface area contributed by atoms with Crippen LogP contribution in [-0.4, -0.2) is 29.1 Å². The van der Waals surface area contributed by atoms with Crippen LogP contribution in [0.25, 0.3) is 0 Å². The number of carbonyl (C=O) groups excluding carboxylic acids is 1. The van der Waals surface area contributed by atoms with Crippen LogP contribution in [0.3, 0.4) is 0 Å². The van der Waals surface area contributed by atoms with Gasteiger partial charge in [0.25, 0.3) is 5.91 Å². The fourth-order valence-corrected chi connectivity index (χ4v) is 3.16. The minimum atomic E-state index is -0.446. The topological polar surface area (TPSA) is 52.6 Å². The summed E-state index contributed by atoms with van der Waals surface area (Å²) in [4.78, 5) is 13.9. The van der Waals surface area contributed by atoms with Crippen LogP contribution in [0.1, 0.15) is 33.5 Å². The van der Waals surface area contributed by atoms with Crippen LogP contribution in [0.15, 0.2) is 48.5 Å². The number of fused-ring (bicyclic) bond motifs is 1. The first-order valence-corrected chi connectivity index (χ1v) is 8.09. The standard InChI is InChI=1S/C19H22N2O2/c22-19(20-23)17-8-9-18-14-21(12-10-16(18)13-17)11-4-7-15-5-2-1-3-6-15/h1-3,5-6,8-9,13,23H,4,7,10-12,14H2,(H,20,22). The number of carbonyl (C=O) groups is 1. The Morgan fingerprint density at radius 3 is 2.74 bits per heavy atom. The summed E-state index contributed by atoms with van der Waals surface area (Å²) < 4.78 is 0. The number of benzene rings is 2. The Kier molecular flexibility index (Phi) is 5.05. The summed E-state index contributed by atoms with van der Waals surface area (Å²) in [6.07, 6.45) is 3.22. The summed E-state index contributed by atoms with van der Waals surface area (Å²) >= 11 is 0. The molecule has 2 N–H and O–H groups in total. The summed E-state index contributed by atoms with van der Waals surface area (Å²) in [5.74, 6) is -0.446. The highest BCUT2D eigenvalue weighted by molar-refractivity contribution is 5.93. The molecule has 1 amide bonds. The van der Waals surface area contributed by atoms with Gasteiger partial charge in [-0.25, -0.2) is 5.48 Å². The highest BCUT2D eigenvalue weighted by atomic mass is 16.5. The van der Waals surface area contributed by atoms with Crippen molar-refractivity contribution in [3.8, 4) is 0 Å². The van der Waals surface area contributed by atoms with Gasteiger partial charge in [-0.15, -0.1) is 0 Å². The third-order valence-electron chi connectivity index (χ3n) is 4.44. The maximum absolute atomic E-state index is 11.5. The molecule has 0 unspecified atom stereocenters. The van der Waals surface area contributed by atoms with Crippen LogP contribution < -0.4 is 5.48 Å². The molecule has 4 nitrogen and oxygen atoms in total. The summed E-state index contributed by atoms with van der Waals surface area (Å²) in [5, 5.41) is 8.72. The molecule has 3 rings (SSSR count). The molecule has 0 spiro atoms. The lowest BCUT2D eigenvalue weighted by atomic mass is 9.97. The third-order valence-corrected chi connectivity index (χ3v) is 4.44. The number of nitrogens with one attached hydrogen (secondary N) is 1. The van der Waals surface area contributed by atoms with Crippen molar-refractivity contribution in [3.63, 3.8) is 0 Å².